The van der Waals surface area contributed by atoms with Crippen molar-refractivity contribution in [3.63, 3.8) is 0 Å². The van der Waals surface area contributed by atoms with Crippen LogP contribution < -0.4 is 4.74 Å². The van der Waals surface area contributed by atoms with Crippen molar-refractivity contribution in [3.05, 3.63) is 59.0 Å². The zero-order chi connectivity index (χ0) is 17.2. The molecule has 0 fully saturated rings. The number of rotatable bonds is 6. The molecule has 0 radical (unpaired) electrons. The average molecular weight is 367 g/mol. The van der Waals surface area contributed by atoms with Gasteiger partial charge in [0, 0.05) is 5.38 Å². The van der Waals surface area contributed by atoms with E-state index in [-0.39, 0.29) is 17.3 Å². The molecule has 0 spiro atoms. The summed E-state index contributed by atoms with van der Waals surface area (Å²) >= 11 is 1.32. The van der Waals surface area contributed by atoms with E-state index in [1.807, 2.05) is 0 Å². The molecule has 8 heteroatoms. The van der Waals surface area contributed by atoms with Crippen LogP contribution in [0.5, 0.6) is 5.75 Å². The second-order valence-electron chi connectivity index (χ2n) is 5.12. The molecule has 2 heterocycles. The second kappa shape index (κ2) is 6.74. The topological polar surface area (TPSA) is 69.4 Å². The number of hydrogen-bond donors (Lipinski definition) is 0. The summed E-state index contributed by atoms with van der Waals surface area (Å²) in [5.41, 5.74) is 0.815. The van der Waals surface area contributed by atoms with E-state index in [1.54, 1.807) is 17.5 Å². The Morgan fingerprint density at radius 3 is 2.79 bits per heavy atom. The Morgan fingerprint density at radius 1 is 1.29 bits per heavy atom. The van der Waals surface area contributed by atoms with Crippen LogP contribution in [0.4, 0.5) is 4.39 Å². The van der Waals surface area contributed by atoms with Crippen molar-refractivity contribution < 1.29 is 22.0 Å². The van der Waals surface area contributed by atoms with Gasteiger partial charge in [0.2, 0.25) is 0 Å². The van der Waals surface area contributed by atoms with Gasteiger partial charge in [0.15, 0.2) is 32.2 Å². The number of furan rings is 1. The van der Waals surface area contributed by atoms with Gasteiger partial charge < -0.3 is 9.15 Å². The lowest BCUT2D eigenvalue weighted by molar-refractivity contribution is 0.386. The molecule has 0 unspecified atom stereocenters. The maximum Gasteiger partial charge on any atom is 0.165 e. The number of hydrogen-bond acceptors (Lipinski definition) is 6. The number of halogens is 1. The molecule has 3 aromatic rings. The summed E-state index contributed by atoms with van der Waals surface area (Å²) in [4.78, 5) is 4.28. The van der Waals surface area contributed by atoms with Crippen LogP contribution in [0, 0.1) is 5.82 Å². The highest BCUT2D eigenvalue weighted by Crippen LogP contribution is 2.25. The molecular weight excluding hydrogens is 353 g/mol. The first-order chi connectivity index (χ1) is 11.5. The predicted molar refractivity (Wildman–Crippen MR) is 89.1 cm³/mol. The largest absolute Gasteiger partial charge is 0.494 e. The van der Waals surface area contributed by atoms with E-state index in [2.05, 4.69) is 4.98 Å². The molecule has 0 saturated heterocycles. The van der Waals surface area contributed by atoms with Gasteiger partial charge in [-0.2, -0.15) is 0 Å². The van der Waals surface area contributed by atoms with Crippen LogP contribution in [0.15, 0.2) is 46.4 Å². The normalized spacial score (nSPS) is 11.6. The van der Waals surface area contributed by atoms with Gasteiger partial charge >= 0.3 is 0 Å². The summed E-state index contributed by atoms with van der Waals surface area (Å²) in [7, 11) is -2.12. The van der Waals surface area contributed by atoms with Crippen molar-refractivity contribution >= 4 is 21.2 Å². The molecule has 1 aromatic carbocycles. The highest BCUT2D eigenvalue weighted by molar-refractivity contribution is 7.89. The lowest BCUT2D eigenvalue weighted by Gasteiger charge is -2.06. The Labute approximate surface area is 142 Å². The Morgan fingerprint density at radius 2 is 2.12 bits per heavy atom. The van der Waals surface area contributed by atoms with Gasteiger partial charge in [0.1, 0.15) is 0 Å². The van der Waals surface area contributed by atoms with Crippen molar-refractivity contribution in [1.82, 2.24) is 4.98 Å². The average Bonchev–Trinajstić information content (AvgIpc) is 3.17. The minimum Gasteiger partial charge on any atom is -0.494 e. The zero-order valence-corrected chi connectivity index (χ0v) is 14.4. The smallest absolute Gasteiger partial charge is 0.165 e. The Balaban J connectivity index is 1.73. The van der Waals surface area contributed by atoms with E-state index < -0.39 is 15.7 Å². The van der Waals surface area contributed by atoms with Gasteiger partial charge in [0.05, 0.1) is 30.6 Å². The molecule has 3 rings (SSSR count). The molecule has 0 bridgehead atoms. The van der Waals surface area contributed by atoms with E-state index in [0.29, 0.717) is 22.0 Å². The summed E-state index contributed by atoms with van der Waals surface area (Å²) in [5, 5.41) is 2.31. The highest BCUT2D eigenvalue weighted by Gasteiger charge is 2.17. The minimum atomic E-state index is -3.47. The van der Waals surface area contributed by atoms with Crippen LogP contribution >= 0.6 is 11.3 Å². The van der Waals surface area contributed by atoms with Gasteiger partial charge in [-0.25, -0.2) is 17.8 Å². The first-order valence-electron chi connectivity index (χ1n) is 6.98. The predicted octanol–water partition coefficient (Wildman–Crippen LogP) is 3.67. The van der Waals surface area contributed by atoms with Crippen molar-refractivity contribution in [1.29, 1.82) is 0 Å². The van der Waals surface area contributed by atoms with Crippen LogP contribution in [0.2, 0.25) is 0 Å². The second-order valence-corrected chi connectivity index (χ2v) is 8.05. The monoisotopic (exact) mass is 367 g/mol. The quantitative estimate of drug-likeness (QED) is 0.665. The number of aromatic nitrogens is 1. The Kier molecular flexibility index (Phi) is 4.68. The van der Waals surface area contributed by atoms with E-state index in [4.69, 9.17) is 9.15 Å². The van der Waals surface area contributed by atoms with Gasteiger partial charge in [-0.05, 0) is 29.8 Å². The van der Waals surface area contributed by atoms with Crippen molar-refractivity contribution in [2.24, 2.45) is 0 Å². The fourth-order valence-electron chi connectivity index (χ4n) is 2.22. The maximum absolute atomic E-state index is 13.7. The minimum absolute atomic E-state index is 0.0822. The van der Waals surface area contributed by atoms with Crippen molar-refractivity contribution in [2.45, 2.75) is 11.5 Å². The molecule has 5 nitrogen and oxygen atoms in total. The summed E-state index contributed by atoms with van der Waals surface area (Å²) in [6, 6.07) is 7.63. The molecule has 0 aliphatic rings. The molecule has 126 valence electrons. The summed E-state index contributed by atoms with van der Waals surface area (Å²) in [5.74, 6) is -0.377. The number of nitrogens with zero attached hydrogens (tertiary/aromatic N) is 1. The molecule has 0 atom stereocenters. The maximum atomic E-state index is 13.7. The van der Waals surface area contributed by atoms with E-state index >= 15 is 0 Å². The van der Waals surface area contributed by atoms with E-state index in [1.165, 1.54) is 42.9 Å². The Bertz CT molecular complexity index is 933. The molecule has 2 aromatic heterocycles. The van der Waals surface area contributed by atoms with Gasteiger partial charge in [-0.15, -0.1) is 11.3 Å². The van der Waals surface area contributed by atoms with Crippen LogP contribution in [0.25, 0.3) is 10.8 Å². The van der Waals surface area contributed by atoms with Crippen LogP contribution in [0.3, 0.4) is 0 Å². The number of benzene rings is 1. The first kappa shape index (κ1) is 16.7. The summed E-state index contributed by atoms with van der Waals surface area (Å²) < 4.78 is 48.4. The highest BCUT2D eigenvalue weighted by atomic mass is 32.2. The zero-order valence-electron chi connectivity index (χ0n) is 12.7. The Hall–Kier alpha value is -2.19. The van der Waals surface area contributed by atoms with E-state index in [0.717, 1.165) is 0 Å². The lowest BCUT2D eigenvalue weighted by atomic mass is 10.2. The first-order valence-corrected chi connectivity index (χ1v) is 9.68. The summed E-state index contributed by atoms with van der Waals surface area (Å²) in [6.45, 7) is 0. The third-order valence-corrected chi connectivity index (χ3v) is 5.67. The van der Waals surface area contributed by atoms with Crippen molar-refractivity contribution in [2.75, 3.05) is 7.11 Å². The van der Waals surface area contributed by atoms with E-state index in [9.17, 15) is 12.8 Å². The van der Waals surface area contributed by atoms with Crippen LogP contribution in [-0.2, 0) is 21.3 Å². The third kappa shape index (κ3) is 3.82. The number of sulfone groups is 1. The van der Waals surface area contributed by atoms with Gasteiger partial charge in [-0.3, -0.25) is 0 Å². The van der Waals surface area contributed by atoms with Crippen LogP contribution in [-0.4, -0.2) is 20.5 Å². The SMILES string of the molecule is COc1ccc(CS(=O)(=O)Cc2csc(-c3ccco3)n2)cc1F. The molecule has 0 N–H and O–H groups in total. The molecule has 0 saturated carbocycles. The van der Waals surface area contributed by atoms with Crippen LogP contribution in [0.1, 0.15) is 11.3 Å². The molecule has 24 heavy (non-hydrogen) atoms. The van der Waals surface area contributed by atoms with Crippen molar-refractivity contribution in [3.8, 4) is 16.5 Å². The fraction of sp³-hybridized carbons (Fsp3) is 0.188. The molecular formula is C16H14FNO4S2. The van der Waals surface area contributed by atoms with Gasteiger partial charge in [0.25, 0.3) is 0 Å². The lowest BCUT2D eigenvalue weighted by Crippen LogP contribution is -2.08. The fourth-order valence-corrected chi connectivity index (χ4v) is 4.50. The number of ether oxygens (including phenoxy) is 1. The molecule has 0 amide bonds. The summed E-state index contributed by atoms with van der Waals surface area (Å²) in [6.07, 6.45) is 1.53. The number of methoxy groups -OCH3 is 1. The molecule has 0 aliphatic heterocycles. The van der Waals surface area contributed by atoms with Gasteiger partial charge in [-0.1, -0.05) is 6.07 Å². The standard InChI is InChI=1S/C16H14FNO4S2/c1-21-14-5-4-11(7-13(14)17)9-24(19,20)10-12-8-23-16(18-12)15-3-2-6-22-15/h2-8H,9-10H2,1H3. The number of thiazole rings is 1. The molecule has 0 aliphatic carbocycles. The third-order valence-electron chi connectivity index (χ3n) is 3.25.